The van der Waals surface area contributed by atoms with Crippen molar-refractivity contribution in [2.24, 2.45) is 5.92 Å². The summed E-state index contributed by atoms with van der Waals surface area (Å²) in [7, 11) is 0. The average molecular weight is 322 g/mol. The van der Waals surface area contributed by atoms with Crippen LogP contribution in [0.1, 0.15) is 30.5 Å². The van der Waals surface area contributed by atoms with E-state index in [4.69, 9.17) is 0 Å². The van der Waals surface area contributed by atoms with Gasteiger partial charge in [-0.2, -0.15) is 0 Å². The molecule has 1 fully saturated rings. The van der Waals surface area contributed by atoms with Crippen LogP contribution in [0, 0.1) is 11.7 Å². The van der Waals surface area contributed by atoms with E-state index in [2.05, 4.69) is 12.2 Å². The van der Waals surface area contributed by atoms with Crippen LogP contribution < -0.4 is 5.32 Å². The Kier molecular flexibility index (Phi) is 4.38. The van der Waals surface area contributed by atoms with Crippen molar-refractivity contribution in [2.75, 3.05) is 18.2 Å². The Labute approximate surface area is 133 Å². The average Bonchev–Trinajstić information content (AvgIpc) is 2.88. The summed E-state index contributed by atoms with van der Waals surface area (Å²) in [6, 6.07) is 4.85. The number of fused-ring (bicyclic) bond motifs is 1. The number of nitrogens with one attached hydrogen (secondary N) is 1. The summed E-state index contributed by atoms with van der Waals surface area (Å²) in [6.07, 6.45) is 1.55. The van der Waals surface area contributed by atoms with Gasteiger partial charge in [-0.3, -0.25) is 9.59 Å². The zero-order valence-corrected chi connectivity index (χ0v) is 13.3. The Hall–Kier alpha value is -1.56. The van der Waals surface area contributed by atoms with Crippen molar-refractivity contribution in [2.45, 2.75) is 25.8 Å². The molecule has 118 valence electrons. The van der Waals surface area contributed by atoms with E-state index in [0.29, 0.717) is 23.6 Å². The summed E-state index contributed by atoms with van der Waals surface area (Å²) in [5, 5.41) is 2.99. The van der Waals surface area contributed by atoms with Gasteiger partial charge in [0.05, 0.1) is 17.7 Å². The highest BCUT2D eigenvalue weighted by atomic mass is 32.2. The lowest BCUT2D eigenvalue weighted by Crippen LogP contribution is -2.42. The van der Waals surface area contributed by atoms with E-state index >= 15 is 0 Å². The molecule has 0 spiro atoms. The van der Waals surface area contributed by atoms with E-state index in [1.54, 1.807) is 11.0 Å². The molecular weight excluding hydrogens is 303 g/mol. The molecule has 1 aliphatic heterocycles. The fourth-order valence-corrected chi connectivity index (χ4v) is 4.03. The topological polar surface area (TPSA) is 49.4 Å². The number of amides is 2. The molecule has 2 amide bonds. The lowest BCUT2D eigenvalue weighted by Gasteiger charge is -2.32. The fraction of sp³-hybridized carbons (Fsp3) is 0.500. The zero-order valence-electron chi connectivity index (χ0n) is 12.5. The number of thioether (sulfide) groups is 1. The van der Waals surface area contributed by atoms with Crippen molar-refractivity contribution in [1.29, 1.82) is 0 Å². The number of halogens is 1. The van der Waals surface area contributed by atoms with E-state index in [1.165, 1.54) is 17.8 Å². The SMILES string of the molecule is C[C@H]1CCc2c(F)cccc2[C@H]1NC(=O)CN1CSCC1=O. The van der Waals surface area contributed by atoms with Gasteiger partial charge >= 0.3 is 0 Å². The highest BCUT2D eigenvalue weighted by molar-refractivity contribution is 8.00. The monoisotopic (exact) mass is 322 g/mol. The summed E-state index contributed by atoms with van der Waals surface area (Å²) < 4.78 is 13.9. The van der Waals surface area contributed by atoms with Gasteiger partial charge in [-0.15, -0.1) is 11.8 Å². The van der Waals surface area contributed by atoms with Crippen LogP contribution in [-0.2, 0) is 16.0 Å². The molecule has 0 unspecified atom stereocenters. The Bertz CT molecular complexity index is 608. The molecule has 3 rings (SSSR count). The first kappa shape index (κ1) is 15.3. The quantitative estimate of drug-likeness (QED) is 0.927. The first-order valence-electron chi connectivity index (χ1n) is 7.48. The lowest BCUT2D eigenvalue weighted by atomic mass is 9.80. The maximum Gasteiger partial charge on any atom is 0.240 e. The molecule has 1 N–H and O–H groups in total. The molecule has 4 nitrogen and oxygen atoms in total. The normalized spacial score (nSPS) is 24.3. The van der Waals surface area contributed by atoms with Gasteiger partial charge in [0.15, 0.2) is 0 Å². The van der Waals surface area contributed by atoms with Gasteiger partial charge in [-0.05, 0) is 36.0 Å². The Balaban J connectivity index is 1.73. The van der Waals surface area contributed by atoms with Crippen LogP contribution in [-0.4, -0.2) is 34.9 Å². The molecule has 1 heterocycles. The van der Waals surface area contributed by atoms with Crippen molar-refractivity contribution < 1.29 is 14.0 Å². The van der Waals surface area contributed by atoms with Gasteiger partial charge in [0.2, 0.25) is 11.8 Å². The molecule has 2 aliphatic rings. The van der Waals surface area contributed by atoms with Crippen molar-refractivity contribution >= 4 is 23.6 Å². The molecule has 1 aromatic carbocycles. The molecule has 1 aliphatic carbocycles. The minimum Gasteiger partial charge on any atom is -0.347 e. The van der Waals surface area contributed by atoms with Crippen LogP contribution in [0.3, 0.4) is 0 Å². The Morgan fingerprint density at radius 2 is 2.32 bits per heavy atom. The van der Waals surface area contributed by atoms with E-state index in [0.717, 1.165) is 12.0 Å². The predicted molar refractivity (Wildman–Crippen MR) is 83.8 cm³/mol. The second-order valence-electron chi connectivity index (χ2n) is 5.94. The largest absolute Gasteiger partial charge is 0.347 e. The van der Waals surface area contributed by atoms with E-state index in [1.807, 2.05) is 6.07 Å². The standard InChI is InChI=1S/C16H19FN2O2S/c1-10-5-6-11-12(3-2-4-13(11)17)16(10)18-14(20)7-19-9-22-8-15(19)21/h2-4,10,16H,5-9H2,1H3,(H,18,20)/t10-,16-/m0/s1. The first-order valence-corrected chi connectivity index (χ1v) is 8.64. The van der Waals surface area contributed by atoms with Gasteiger partial charge in [0.1, 0.15) is 12.4 Å². The second-order valence-corrected chi connectivity index (χ2v) is 6.89. The van der Waals surface area contributed by atoms with Crippen LogP contribution in [0.25, 0.3) is 0 Å². The lowest BCUT2D eigenvalue weighted by molar-refractivity contribution is -0.132. The Morgan fingerprint density at radius 3 is 3.05 bits per heavy atom. The summed E-state index contributed by atoms with van der Waals surface area (Å²) in [4.78, 5) is 25.4. The summed E-state index contributed by atoms with van der Waals surface area (Å²) in [5.74, 6) is 0.892. The van der Waals surface area contributed by atoms with E-state index < -0.39 is 0 Å². The molecule has 22 heavy (non-hydrogen) atoms. The molecule has 2 atom stereocenters. The number of nitrogens with zero attached hydrogens (tertiary/aromatic N) is 1. The molecule has 0 aromatic heterocycles. The number of rotatable bonds is 3. The maximum absolute atomic E-state index is 13.9. The minimum absolute atomic E-state index is 0.00304. The third-order valence-corrected chi connectivity index (χ3v) is 5.33. The molecular formula is C16H19FN2O2S. The predicted octanol–water partition coefficient (Wildman–Crippen LogP) is 2.10. The molecule has 1 aromatic rings. The third kappa shape index (κ3) is 2.97. The summed E-state index contributed by atoms with van der Waals surface area (Å²) in [6.45, 7) is 2.15. The van der Waals surface area contributed by atoms with E-state index in [9.17, 15) is 14.0 Å². The molecule has 0 radical (unpaired) electrons. The van der Waals surface area contributed by atoms with E-state index in [-0.39, 0.29) is 36.1 Å². The highest BCUT2D eigenvalue weighted by Crippen LogP contribution is 2.35. The van der Waals surface area contributed by atoms with Crippen LogP contribution in [0.2, 0.25) is 0 Å². The fourth-order valence-electron chi connectivity index (χ4n) is 3.13. The molecule has 1 saturated heterocycles. The van der Waals surface area contributed by atoms with Crippen molar-refractivity contribution in [3.8, 4) is 0 Å². The number of benzene rings is 1. The van der Waals surface area contributed by atoms with Gasteiger partial charge in [-0.25, -0.2) is 4.39 Å². The summed E-state index contributed by atoms with van der Waals surface area (Å²) in [5.41, 5.74) is 1.58. The number of carbonyl (C=O) groups is 2. The smallest absolute Gasteiger partial charge is 0.240 e. The van der Waals surface area contributed by atoms with Crippen LogP contribution in [0.15, 0.2) is 18.2 Å². The van der Waals surface area contributed by atoms with Gasteiger partial charge in [-0.1, -0.05) is 19.1 Å². The van der Waals surface area contributed by atoms with Crippen molar-refractivity contribution in [3.05, 3.63) is 35.1 Å². The van der Waals surface area contributed by atoms with Gasteiger partial charge < -0.3 is 10.2 Å². The molecule has 6 heteroatoms. The molecule has 0 saturated carbocycles. The van der Waals surface area contributed by atoms with Gasteiger partial charge in [0.25, 0.3) is 0 Å². The molecule has 0 bridgehead atoms. The van der Waals surface area contributed by atoms with Crippen LogP contribution in [0.4, 0.5) is 4.39 Å². The Morgan fingerprint density at radius 1 is 1.50 bits per heavy atom. The number of hydrogen-bond donors (Lipinski definition) is 1. The van der Waals surface area contributed by atoms with Crippen LogP contribution >= 0.6 is 11.8 Å². The maximum atomic E-state index is 13.9. The van der Waals surface area contributed by atoms with Crippen LogP contribution in [0.5, 0.6) is 0 Å². The van der Waals surface area contributed by atoms with Gasteiger partial charge in [0, 0.05) is 0 Å². The minimum atomic E-state index is -0.199. The van der Waals surface area contributed by atoms with Crippen molar-refractivity contribution in [3.63, 3.8) is 0 Å². The van der Waals surface area contributed by atoms with Crippen molar-refractivity contribution in [1.82, 2.24) is 10.2 Å². The highest BCUT2D eigenvalue weighted by Gasteiger charge is 2.30. The summed E-state index contributed by atoms with van der Waals surface area (Å²) >= 11 is 1.52. The first-order chi connectivity index (χ1) is 10.6. The number of hydrogen-bond acceptors (Lipinski definition) is 3. The number of carbonyl (C=O) groups excluding carboxylic acids is 2. The zero-order chi connectivity index (χ0) is 15.7. The third-order valence-electron chi connectivity index (χ3n) is 4.39. The second kappa shape index (κ2) is 6.28.